The molecule has 2 aromatic heterocycles. The van der Waals surface area contributed by atoms with Crippen LogP contribution in [-0.4, -0.2) is 42.3 Å². The van der Waals surface area contributed by atoms with E-state index in [0.717, 1.165) is 25.0 Å². The number of aromatic amines is 2. The predicted molar refractivity (Wildman–Crippen MR) is 84.2 cm³/mol. The second-order valence-electron chi connectivity index (χ2n) is 6.28. The summed E-state index contributed by atoms with van der Waals surface area (Å²) in [6.07, 6.45) is 2.74. The Morgan fingerprint density at radius 2 is 2.17 bits per heavy atom. The van der Waals surface area contributed by atoms with Crippen LogP contribution < -0.4 is 5.69 Å². The highest BCUT2D eigenvalue weighted by molar-refractivity contribution is 5.92. The van der Waals surface area contributed by atoms with Gasteiger partial charge in [-0.05, 0) is 46.1 Å². The van der Waals surface area contributed by atoms with E-state index in [1.165, 1.54) is 0 Å². The highest BCUT2D eigenvalue weighted by Gasteiger charge is 2.32. The van der Waals surface area contributed by atoms with Gasteiger partial charge in [-0.25, -0.2) is 9.89 Å². The molecule has 3 rings (SSSR count). The summed E-state index contributed by atoms with van der Waals surface area (Å²) in [6.45, 7) is 6.66. The summed E-state index contributed by atoms with van der Waals surface area (Å²) in [5.41, 5.74) is 1.06. The van der Waals surface area contributed by atoms with E-state index >= 15 is 0 Å². The highest BCUT2D eigenvalue weighted by atomic mass is 16.2. The summed E-state index contributed by atoms with van der Waals surface area (Å²) in [5.74, 6) is 0.407. The minimum Gasteiger partial charge on any atom is -0.327 e. The van der Waals surface area contributed by atoms with Gasteiger partial charge >= 0.3 is 5.69 Å². The van der Waals surface area contributed by atoms with E-state index in [4.69, 9.17) is 0 Å². The lowest BCUT2D eigenvalue weighted by atomic mass is 10.0. The lowest BCUT2D eigenvalue weighted by Crippen LogP contribution is -2.39. The molecule has 0 aliphatic carbocycles. The normalized spacial score (nSPS) is 18.6. The van der Waals surface area contributed by atoms with Crippen molar-refractivity contribution in [2.45, 2.75) is 52.1 Å². The van der Waals surface area contributed by atoms with Crippen molar-refractivity contribution in [2.75, 3.05) is 6.54 Å². The summed E-state index contributed by atoms with van der Waals surface area (Å²) in [7, 11) is 0. The maximum Gasteiger partial charge on any atom is 0.340 e. The van der Waals surface area contributed by atoms with Gasteiger partial charge in [0.15, 0.2) is 11.5 Å². The third kappa shape index (κ3) is 2.93. The van der Waals surface area contributed by atoms with Crippen LogP contribution in [0, 0.1) is 6.92 Å². The molecule has 0 bridgehead atoms. The van der Waals surface area contributed by atoms with Crippen molar-refractivity contribution in [3.8, 4) is 0 Å². The summed E-state index contributed by atoms with van der Waals surface area (Å²) >= 11 is 0. The van der Waals surface area contributed by atoms with Crippen LogP contribution in [0.2, 0.25) is 0 Å². The van der Waals surface area contributed by atoms with Crippen molar-refractivity contribution in [1.29, 1.82) is 0 Å². The van der Waals surface area contributed by atoms with Gasteiger partial charge in [-0.15, -0.1) is 0 Å². The Morgan fingerprint density at radius 3 is 2.78 bits per heavy atom. The Balaban J connectivity index is 1.89. The Morgan fingerprint density at radius 1 is 1.39 bits per heavy atom. The van der Waals surface area contributed by atoms with Crippen molar-refractivity contribution in [2.24, 2.45) is 0 Å². The van der Waals surface area contributed by atoms with Gasteiger partial charge in [0.2, 0.25) is 0 Å². The molecule has 0 radical (unpaired) electrons. The molecule has 0 saturated carbocycles. The lowest BCUT2D eigenvalue weighted by Gasteiger charge is -2.33. The molecular weight excluding hydrogens is 296 g/mol. The second kappa shape index (κ2) is 6.02. The van der Waals surface area contributed by atoms with Crippen LogP contribution in [0.3, 0.4) is 0 Å². The van der Waals surface area contributed by atoms with Crippen molar-refractivity contribution >= 4 is 5.91 Å². The number of aromatic nitrogens is 5. The van der Waals surface area contributed by atoms with E-state index in [9.17, 15) is 9.59 Å². The minimum absolute atomic E-state index is 0.110. The van der Waals surface area contributed by atoms with Gasteiger partial charge in [0.1, 0.15) is 0 Å². The molecule has 1 amide bonds. The van der Waals surface area contributed by atoms with Crippen LogP contribution in [0.25, 0.3) is 0 Å². The fourth-order valence-corrected chi connectivity index (χ4v) is 3.16. The second-order valence-corrected chi connectivity index (χ2v) is 6.28. The number of H-pyrrole nitrogens is 2. The van der Waals surface area contributed by atoms with Crippen LogP contribution in [0.15, 0.2) is 10.9 Å². The highest BCUT2D eigenvalue weighted by Crippen LogP contribution is 2.29. The zero-order chi connectivity index (χ0) is 16.6. The topological polar surface area (TPSA) is 99.7 Å². The van der Waals surface area contributed by atoms with Crippen LogP contribution >= 0.6 is 0 Å². The molecule has 1 atom stereocenters. The Kier molecular flexibility index (Phi) is 4.06. The smallest absolute Gasteiger partial charge is 0.327 e. The minimum atomic E-state index is -0.349. The summed E-state index contributed by atoms with van der Waals surface area (Å²) in [6, 6.07) is 1.82. The maximum atomic E-state index is 12.9. The number of carbonyl (C=O) groups is 1. The standard InChI is InChI=1S/C15H22N6O2/c1-9(2)21-10(3)8-11(19-21)14(22)20-7-5-4-6-12(20)13-16-15(23)18-17-13/h8-9,12H,4-7H2,1-3H3,(H2,16,17,18,23). The van der Waals surface area contributed by atoms with Crippen molar-refractivity contribution in [1.82, 2.24) is 29.9 Å². The van der Waals surface area contributed by atoms with Gasteiger partial charge in [0.05, 0.1) is 6.04 Å². The van der Waals surface area contributed by atoms with Gasteiger partial charge < -0.3 is 4.90 Å². The Hall–Kier alpha value is -2.38. The molecule has 0 spiro atoms. The molecule has 8 heteroatoms. The number of aryl methyl sites for hydroxylation is 1. The van der Waals surface area contributed by atoms with E-state index in [1.54, 1.807) is 4.90 Å². The molecule has 1 saturated heterocycles. The summed E-state index contributed by atoms with van der Waals surface area (Å²) in [5, 5.41) is 10.8. The molecule has 23 heavy (non-hydrogen) atoms. The molecule has 0 aromatic carbocycles. The third-order valence-electron chi connectivity index (χ3n) is 4.23. The van der Waals surface area contributed by atoms with E-state index in [1.807, 2.05) is 31.5 Å². The number of hydrogen-bond donors (Lipinski definition) is 2. The van der Waals surface area contributed by atoms with E-state index in [2.05, 4.69) is 20.3 Å². The number of rotatable bonds is 3. The molecule has 1 aliphatic heterocycles. The molecule has 2 aromatic rings. The van der Waals surface area contributed by atoms with Crippen LogP contribution in [0.1, 0.15) is 67.2 Å². The fourth-order valence-electron chi connectivity index (χ4n) is 3.16. The van der Waals surface area contributed by atoms with Gasteiger partial charge in [0.25, 0.3) is 5.91 Å². The van der Waals surface area contributed by atoms with Crippen LogP contribution in [-0.2, 0) is 0 Å². The third-order valence-corrected chi connectivity index (χ3v) is 4.23. The SMILES string of the molecule is Cc1cc(C(=O)N2CCCCC2c2n[nH]c(=O)[nH]2)nn1C(C)C. The van der Waals surface area contributed by atoms with E-state index in [0.29, 0.717) is 18.1 Å². The first-order chi connectivity index (χ1) is 11.0. The lowest BCUT2D eigenvalue weighted by molar-refractivity contribution is 0.0593. The van der Waals surface area contributed by atoms with Crippen molar-refractivity contribution in [3.63, 3.8) is 0 Å². The molecular formula is C15H22N6O2. The Labute approximate surface area is 133 Å². The average molecular weight is 318 g/mol. The van der Waals surface area contributed by atoms with Gasteiger partial charge in [-0.2, -0.15) is 10.2 Å². The average Bonchev–Trinajstić information content (AvgIpc) is 3.12. The van der Waals surface area contributed by atoms with Gasteiger partial charge in [0, 0.05) is 18.3 Å². The molecule has 1 unspecified atom stereocenters. The van der Waals surface area contributed by atoms with Gasteiger partial charge in [-0.1, -0.05) is 0 Å². The summed E-state index contributed by atoms with van der Waals surface area (Å²) < 4.78 is 1.85. The zero-order valence-electron chi connectivity index (χ0n) is 13.7. The molecule has 1 fully saturated rings. The molecule has 3 heterocycles. The number of hydrogen-bond acceptors (Lipinski definition) is 4. The zero-order valence-corrected chi connectivity index (χ0v) is 13.7. The van der Waals surface area contributed by atoms with Crippen molar-refractivity contribution < 1.29 is 4.79 Å². The molecule has 124 valence electrons. The van der Waals surface area contributed by atoms with Gasteiger partial charge in [-0.3, -0.25) is 14.5 Å². The first kappa shape index (κ1) is 15.5. The van der Waals surface area contributed by atoms with Crippen LogP contribution in [0.5, 0.6) is 0 Å². The van der Waals surface area contributed by atoms with E-state index < -0.39 is 0 Å². The monoisotopic (exact) mass is 318 g/mol. The van der Waals surface area contributed by atoms with Crippen molar-refractivity contribution in [3.05, 3.63) is 33.8 Å². The quantitative estimate of drug-likeness (QED) is 0.896. The fraction of sp³-hybridized carbons (Fsp3) is 0.600. The summed E-state index contributed by atoms with van der Waals surface area (Å²) in [4.78, 5) is 28.6. The number of likely N-dealkylation sites (tertiary alicyclic amines) is 1. The van der Waals surface area contributed by atoms with Crippen LogP contribution in [0.4, 0.5) is 0 Å². The number of nitrogens with zero attached hydrogens (tertiary/aromatic N) is 4. The molecule has 8 nitrogen and oxygen atoms in total. The number of carbonyl (C=O) groups excluding carboxylic acids is 1. The first-order valence-electron chi connectivity index (χ1n) is 7.99. The predicted octanol–water partition coefficient (Wildman–Crippen LogP) is 1.55. The molecule has 2 N–H and O–H groups in total. The number of amides is 1. The number of piperidine rings is 1. The first-order valence-corrected chi connectivity index (χ1v) is 7.99. The number of nitrogens with one attached hydrogen (secondary N) is 2. The maximum absolute atomic E-state index is 12.9. The largest absolute Gasteiger partial charge is 0.340 e. The van der Waals surface area contributed by atoms with E-state index in [-0.39, 0.29) is 23.7 Å². The Bertz CT molecular complexity index is 756. The molecule has 1 aliphatic rings.